The van der Waals surface area contributed by atoms with Crippen molar-refractivity contribution < 1.29 is 9.21 Å². The van der Waals surface area contributed by atoms with E-state index in [-0.39, 0.29) is 5.78 Å². The summed E-state index contributed by atoms with van der Waals surface area (Å²) in [5.41, 5.74) is 1.55. The Hall–Kier alpha value is -0.830. The largest absolute Gasteiger partial charge is 0.457 e. The molecule has 1 heterocycles. The zero-order valence-corrected chi connectivity index (χ0v) is 8.51. The second-order valence-electron chi connectivity index (χ2n) is 2.69. The van der Waals surface area contributed by atoms with Gasteiger partial charge in [0.25, 0.3) is 0 Å². The van der Waals surface area contributed by atoms with Crippen LogP contribution in [0.15, 0.2) is 33.1 Å². The summed E-state index contributed by atoms with van der Waals surface area (Å²) >= 11 is 3.14. The number of allylic oxidation sites excluding steroid dienone is 2. The predicted octanol–water partition coefficient (Wildman–Crippen LogP) is 3.19. The number of rotatable bonds is 2. The Labute approximate surface area is 79.4 Å². The molecular weight excluding hydrogens is 220 g/mol. The van der Waals surface area contributed by atoms with Crippen LogP contribution in [0.5, 0.6) is 0 Å². The predicted molar refractivity (Wildman–Crippen MR) is 50.2 cm³/mol. The van der Waals surface area contributed by atoms with Gasteiger partial charge in [0.15, 0.2) is 10.5 Å². The molecule has 0 saturated heterocycles. The van der Waals surface area contributed by atoms with Gasteiger partial charge in [0.1, 0.15) is 0 Å². The van der Waals surface area contributed by atoms with Gasteiger partial charge in [-0.1, -0.05) is 5.57 Å². The second-order valence-corrected chi connectivity index (χ2v) is 3.41. The fourth-order valence-electron chi connectivity index (χ4n) is 0.810. The Morgan fingerprint density at radius 3 is 2.67 bits per heavy atom. The lowest BCUT2D eigenvalue weighted by atomic mass is 10.2. The summed E-state index contributed by atoms with van der Waals surface area (Å²) in [6.07, 6.45) is 3.06. The summed E-state index contributed by atoms with van der Waals surface area (Å²) in [6, 6.07) is 1.64. The molecule has 0 saturated carbocycles. The van der Waals surface area contributed by atoms with Crippen molar-refractivity contribution in [2.45, 2.75) is 13.8 Å². The minimum atomic E-state index is -0.0318. The highest BCUT2D eigenvalue weighted by molar-refractivity contribution is 9.10. The van der Waals surface area contributed by atoms with Gasteiger partial charge >= 0.3 is 0 Å². The third-order valence-corrected chi connectivity index (χ3v) is 1.92. The second kappa shape index (κ2) is 3.72. The van der Waals surface area contributed by atoms with Crippen LogP contribution in [0.4, 0.5) is 0 Å². The van der Waals surface area contributed by atoms with Crippen LogP contribution in [0.2, 0.25) is 0 Å². The molecule has 0 aliphatic heterocycles. The average Bonchev–Trinajstić information content (AvgIpc) is 2.33. The first-order valence-corrected chi connectivity index (χ1v) is 4.33. The molecule has 1 aromatic heterocycles. The number of carbonyl (C=O) groups is 1. The monoisotopic (exact) mass is 228 g/mol. The van der Waals surface area contributed by atoms with Crippen molar-refractivity contribution in [3.05, 3.63) is 34.2 Å². The van der Waals surface area contributed by atoms with E-state index in [0.717, 1.165) is 5.57 Å². The normalized spacial score (nSPS) is 9.58. The molecule has 1 rings (SSSR count). The van der Waals surface area contributed by atoms with E-state index in [1.165, 1.54) is 6.26 Å². The minimum Gasteiger partial charge on any atom is -0.457 e. The minimum absolute atomic E-state index is 0.0318. The number of halogens is 1. The van der Waals surface area contributed by atoms with E-state index in [1.807, 2.05) is 13.8 Å². The summed E-state index contributed by atoms with van der Waals surface area (Å²) < 4.78 is 5.42. The molecular formula is C9H9BrO2. The van der Waals surface area contributed by atoms with Gasteiger partial charge in [-0.3, -0.25) is 4.79 Å². The molecule has 1 aromatic rings. The van der Waals surface area contributed by atoms with E-state index in [1.54, 1.807) is 12.1 Å². The Bertz CT molecular complexity index is 319. The number of furan rings is 1. The third kappa shape index (κ3) is 2.08. The lowest BCUT2D eigenvalue weighted by molar-refractivity contribution is 0.104. The summed E-state index contributed by atoms with van der Waals surface area (Å²) in [5.74, 6) is -0.0318. The van der Waals surface area contributed by atoms with Gasteiger partial charge in [-0.25, -0.2) is 0 Å². The fraction of sp³-hybridized carbons (Fsp3) is 0.222. The lowest BCUT2D eigenvalue weighted by Crippen LogP contribution is -1.92. The standard InChI is InChI=1S/C9H9BrO2/c1-6(2)5-8(11)7-3-4-12-9(7)10/h3-5H,1-2H3. The van der Waals surface area contributed by atoms with Gasteiger partial charge in [0.2, 0.25) is 0 Å². The molecule has 3 heteroatoms. The van der Waals surface area contributed by atoms with E-state index < -0.39 is 0 Å². The molecule has 0 amide bonds. The molecule has 0 unspecified atom stereocenters. The molecule has 0 atom stereocenters. The van der Waals surface area contributed by atoms with Gasteiger partial charge in [-0.15, -0.1) is 0 Å². The van der Waals surface area contributed by atoms with Crippen LogP contribution in [0.25, 0.3) is 0 Å². The maximum atomic E-state index is 11.4. The molecule has 12 heavy (non-hydrogen) atoms. The molecule has 0 spiro atoms. The first-order chi connectivity index (χ1) is 5.61. The van der Waals surface area contributed by atoms with Crippen LogP contribution in [-0.4, -0.2) is 5.78 Å². The number of hydrogen-bond donors (Lipinski definition) is 0. The zero-order chi connectivity index (χ0) is 9.14. The molecule has 0 aliphatic carbocycles. The van der Waals surface area contributed by atoms with Crippen LogP contribution in [0, 0.1) is 0 Å². The molecule has 0 radical (unpaired) electrons. The van der Waals surface area contributed by atoms with Crippen molar-refractivity contribution in [3.63, 3.8) is 0 Å². The van der Waals surface area contributed by atoms with Crippen LogP contribution in [-0.2, 0) is 0 Å². The Balaban J connectivity index is 2.93. The lowest BCUT2D eigenvalue weighted by Gasteiger charge is -1.91. The summed E-state index contributed by atoms with van der Waals surface area (Å²) in [7, 11) is 0. The summed E-state index contributed by atoms with van der Waals surface area (Å²) in [4.78, 5) is 11.4. The van der Waals surface area contributed by atoms with Gasteiger partial charge < -0.3 is 4.42 Å². The van der Waals surface area contributed by atoms with E-state index in [2.05, 4.69) is 15.9 Å². The molecule has 0 aromatic carbocycles. The van der Waals surface area contributed by atoms with Crippen LogP contribution < -0.4 is 0 Å². The van der Waals surface area contributed by atoms with E-state index in [9.17, 15) is 4.79 Å². The van der Waals surface area contributed by atoms with E-state index >= 15 is 0 Å². The van der Waals surface area contributed by atoms with Gasteiger partial charge in [-0.05, 0) is 41.9 Å². The fourth-order valence-corrected chi connectivity index (χ4v) is 1.25. The quantitative estimate of drug-likeness (QED) is 0.575. The smallest absolute Gasteiger partial charge is 0.190 e. The van der Waals surface area contributed by atoms with Crippen molar-refractivity contribution in [1.82, 2.24) is 0 Å². The van der Waals surface area contributed by atoms with Crippen LogP contribution in [0.1, 0.15) is 24.2 Å². The van der Waals surface area contributed by atoms with Gasteiger partial charge in [0, 0.05) is 0 Å². The number of carbonyl (C=O) groups excluding carboxylic acids is 1. The van der Waals surface area contributed by atoms with Crippen molar-refractivity contribution in [3.8, 4) is 0 Å². The van der Waals surface area contributed by atoms with Crippen molar-refractivity contribution >= 4 is 21.7 Å². The SMILES string of the molecule is CC(C)=CC(=O)c1ccoc1Br. The average molecular weight is 229 g/mol. The molecule has 0 N–H and O–H groups in total. The van der Waals surface area contributed by atoms with Crippen LogP contribution >= 0.6 is 15.9 Å². The summed E-state index contributed by atoms with van der Waals surface area (Å²) in [6.45, 7) is 3.76. The Kier molecular flexibility index (Phi) is 2.87. The van der Waals surface area contributed by atoms with Crippen molar-refractivity contribution in [2.75, 3.05) is 0 Å². The molecule has 0 aliphatic rings. The van der Waals surface area contributed by atoms with E-state index in [0.29, 0.717) is 10.2 Å². The molecule has 64 valence electrons. The molecule has 2 nitrogen and oxygen atoms in total. The van der Waals surface area contributed by atoms with Crippen LogP contribution in [0.3, 0.4) is 0 Å². The van der Waals surface area contributed by atoms with Gasteiger partial charge in [0.05, 0.1) is 11.8 Å². The zero-order valence-electron chi connectivity index (χ0n) is 6.93. The summed E-state index contributed by atoms with van der Waals surface area (Å²) in [5, 5.41) is 0. The number of hydrogen-bond acceptors (Lipinski definition) is 2. The highest BCUT2D eigenvalue weighted by Gasteiger charge is 2.09. The third-order valence-electron chi connectivity index (χ3n) is 1.30. The highest BCUT2D eigenvalue weighted by atomic mass is 79.9. The molecule has 0 bridgehead atoms. The highest BCUT2D eigenvalue weighted by Crippen LogP contribution is 2.18. The first-order valence-electron chi connectivity index (χ1n) is 3.53. The van der Waals surface area contributed by atoms with Gasteiger partial charge in [-0.2, -0.15) is 0 Å². The maximum Gasteiger partial charge on any atom is 0.190 e. The maximum absolute atomic E-state index is 11.4. The topological polar surface area (TPSA) is 30.2 Å². The Morgan fingerprint density at radius 1 is 1.58 bits per heavy atom. The van der Waals surface area contributed by atoms with Crippen molar-refractivity contribution in [2.24, 2.45) is 0 Å². The molecule has 0 fully saturated rings. The van der Waals surface area contributed by atoms with Crippen molar-refractivity contribution in [1.29, 1.82) is 0 Å². The first kappa shape index (κ1) is 9.26. The Morgan fingerprint density at radius 2 is 2.25 bits per heavy atom. The number of ketones is 1. The van der Waals surface area contributed by atoms with E-state index in [4.69, 9.17) is 4.42 Å².